The Bertz CT molecular complexity index is 794. The van der Waals surface area contributed by atoms with Crippen LogP contribution in [0.4, 0.5) is 5.69 Å². The maximum Gasteiger partial charge on any atom is 0.260 e. The molecule has 0 radical (unpaired) electrons. The zero-order valence-electron chi connectivity index (χ0n) is 11.1. The highest BCUT2D eigenvalue weighted by molar-refractivity contribution is 9.10. The molecule has 21 heavy (non-hydrogen) atoms. The molecule has 3 aromatic rings. The lowest BCUT2D eigenvalue weighted by Crippen LogP contribution is -2.11. The molecule has 0 atom stereocenters. The number of nitrogens with zero attached hydrogens (tertiary/aromatic N) is 2. The molecule has 0 bridgehead atoms. The average molecular weight is 347 g/mol. The van der Waals surface area contributed by atoms with E-state index in [4.69, 9.17) is 4.42 Å². The van der Waals surface area contributed by atoms with Gasteiger partial charge in [-0.1, -0.05) is 12.1 Å². The summed E-state index contributed by atoms with van der Waals surface area (Å²) in [5.41, 5.74) is 1.92. The van der Waals surface area contributed by atoms with Crippen LogP contribution in [0.1, 0.15) is 16.2 Å². The van der Waals surface area contributed by atoms with Crippen LogP contribution in [-0.4, -0.2) is 21.1 Å². The standard InChI is InChI=1S/C14H11BrN4O2/c1-8-16-13(19-18-8)9-3-2-4-10(7-9)17-14(20)11-5-6-21-12(11)15/h2-7H,1H3,(H,17,20)(H,16,18,19). The number of benzene rings is 1. The first-order valence-corrected chi connectivity index (χ1v) is 6.96. The third-order valence-corrected chi connectivity index (χ3v) is 3.45. The van der Waals surface area contributed by atoms with Gasteiger partial charge in [-0.05, 0) is 41.1 Å². The van der Waals surface area contributed by atoms with E-state index in [0.29, 0.717) is 21.7 Å². The average Bonchev–Trinajstić information content (AvgIpc) is 3.08. The normalized spacial score (nSPS) is 10.6. The zero-order chi connectivity index (χ0) is 14.8. The third kappa shape index (κ3) is 2.87. The molecule has 0 saturated carbocycles. The van der Waals surface area contributed by atoms with Crippen molar-refractivity contribution in [1.82, 2.24) is 15.2 Å². The predicted octanol–water partition coefficient (Wildman–Crippen LogP) is 3.39. The quantitative estimate of drug-likeness (QED) is 0.761. The van der Waals surface area contributed by atoms with E-state index in [1.807, 2.05) is 25.1 Å². The van der Waals surface area contributed by atoms with Crippen molar-refractivity contribution in [3.63, 3.8) is 0 Å². The first-order valence-electron chi connectivity index (χ1n) is 6.17. The molecule has 2 heterocycles. The van der Waals surface area contributed by atoms with Gasteiger partial charge in [-0.25, -0.2) is 4.98 Å². The Morgan fingerprint density at radius 3 is 2.90 bits per heavy atom. The summed E-state index contributed by atoms with van der Waals surface area (Å²) in [5.74, 6) is 1.08. The molecule has 0 aliphatic rings. The Labute approximate surface area is 128 Å². The van der Waals surface area contributed by atoms with Crippen molar-refractivity contribution in [1.29, 1.82) is 0 Å². The summed E-state index contributed by atoms with van der Waals surface area (Å²) in [7, 11) is 0. The highest BCUT2D eigenvalue weighted by Crippen LogP contribution is 2.22. The number of aryl methyl sites for hydroxylation is 1. The maximum absolute atomic E-state index is 12.1. The molecule has 0 spiro atoms. The Balaban J connectivity index is 1.84. The van der Waals surface area contributed by atoms with Gasteiger partial charge in [-0.2, -0.15) is 5.10 Å². The summed E-state index contributed by atoms with van der Waals surface area (Å²) < 4.78 is 5.45. The van der Waals surface area contributed by atoms with Crippen LogP contribution in [0.5, 0.6) is 0 Å². The number of carbonyl (C=O) groups is 1. The molecule has 0 saturated heterocycles. The zero-order valence-corrected chi connectivity index (χ0v) is 12.6. The minimum absolute atomic E-state index is 0.251. The van der Waals surface area contributed by atoms with Crippen LogP contribution >= 0.6 is 15.9 Å². The molecule has 0 unspecified atom stereocenters. The predicted molar refractivity (Wildman–Crippen MR) is 80.9 cm³/mol. The fraction of sp³-hybridized carbons (Fsp3) is 0.0714. The van der Waals surface area contributed by atoms with Gasteiger partial charge in [0.2, 0.25) is 0 Å². The summed E-state index contributed by atoms with van der Waals surface area (Å²) in [6.07, 6.45) is 1.45. The van der Waals surface area contributed by atoms with E-state index < -0.39 is 0 Å². The molecule has 2 N–H and O–H groups in total. The largest absolute Gasteiger partial charge is 0.457 e. The van der Waals surface area contributed by atoms with Crippen molar-refractivity contribution in [3.05, 3.63) is 52.7 Å². The van der Waals surface area contributed by atoms with E-state index in [9.17, 15) is 4.79 Å². The number of halogens is 1. The number of carbonyl (C=O) groups excluding carboxylic acids is 1. The summed E-state index contributed by atoms with van der Waals surface area (Å²) >= 11 is 3.18. The van der Waals surface area contributed by atoms with E-state index in [-0.39, 0.29) is 5.91 Å². The number of anilines is 1. The second-order valence-electron chi connectivity index (χ2n) is 4.39. The molecule has 2 aromatic heterocycles. The van der Waals surface area contributed by atoms with Gasteiger partial charge in [0.25, 0.3) is 5.91 Å². The van der Waals surface area contributed by atoms with Crippen LogP contribution < -0.4 is 5.32 Å². The van der Waals surface area contributed by atoms with Crippen molar-refractivity contribution in [2.24, 2.45) is 0 Å². The number of aromatic nitrogens is 3. The second-order valence-corrected chi connectivity index (χ2v) is 5.11. The Kier molecular flexibility index (Phi) is 3.57. The first-order chi connectivity index (χ1) is 10.1. The molecule has 1 aromatic carbocycles. The van der Waals surface area contributed by atoms with Crippen LogP contribution in [0.3, 0.4) is 0 Å². The van der Waals surface area contributed by atoms with Gasteiger partial charge in [-0.3, -0.25) is 9.89 Å². The van der Waals surface area contributed by atoms with E-state index in [1.54, 1.807) is 12.1 Å². The van der Waals surface area contributed by atoms with Gasteiger partial charge in [-0.15, -0.1) is 0 Å². The monoisotopic (exact) mass is 346 g/mol. The molecule has 3 rings (SSSR count). The van der Waals surface area contributed by atoms with Crippen molar-refractivity contribution in [3.8, 4) is 11.4 Å². The molecular weight excluding hydrogens is 336 g/mol. The molecular formula is C14H11BrN4O2. The van der Waals surface area contributed by atoms with E-state index in [1.165, 1.54) is 6.26 Å². The lowest BCUT2D eigenvalue weighted by Gasteiger charge is -2.05. The molecule has 7 heteroatoms. The SMILES string of the molecule is Cc1nc(-c2cccc(NC(=O)c3ccoc3Br)c2)n[nH]1. The number of hydrogen-bond acceptors (Lipinski definition) is 4. The number of amides is 1. The van der Waals surface area contributed by atoms with Gasteiger partial charge in [0.1, 0.15) is 5.82 Å². The number of aromatic amines is 1. The fourth-order valence-corrected chi connectivity index (χ4v) is 2.28. The number of hydrogen-bond donors (Lipinski definition) is 2. The highest BCUT2D eigenvalue weighted by atomic mass is 79.9. The molecule has 6 nitrogen and oxygen atoms in total. The third-order valence-electron chi connectivity index (χ3n) is 2.84. The number of rotatable bonds is 3. The van der Waals surface area contributed by atoms with Crippen LogP contribution in [0.25, 0.3) is 11.4 Å². The molecule has 0 fully saturated rings. The van der Waals surface area contributed by atoms with Gasteiger partial charge in [0.05, 0.1) is 11.8 Å². The minimum Gasteiger partial charge on any atom is -0.457 e. The van der Waals surface area contributed by atoms with Gasteiger partial charge < -0.3 is 9.73 Å². The van der Waals surface area contributed by atoms with Crippen molar-refractivity contribution in [2.75, 3.05) is 5.32 Å². The van der Waals surface area contributed by atoms with Gasteiger partial charge >= 0.3 is 0 Å². The van der Waals surface area contributed by atoms with E-state index >= 15 is 0 Å². The highest BCUT2D eigenvalue weighted by Gasteiger charge is 2.13. The van der Waals surface area contributed by atoms with Crippen LogP contribution in [0.2, 0.25) is 0 Å². The topological polar surface area (TPSA) is 83.8 Å². The van der Waals surface area contributed by atoms with Crippen LogP contribution in [-0.2, 0) is 0 Å². The second kappa shape index (κ2) is 5.53. The number of H-pyrrole nitrogens is 1. The fourth-order valence-electron chi connectivity index (χ4n) is 1.86. The summed E-state index contributed by atoms with van der Waals surface area (Å²) in [4.78, 5) is 16.4. The van der Waals surface area contributed by atoms with Crippen molar-refractivity contribution < 1.29 is 9.21 Å². The summed E-state index contributed by atoms with van der Waals surface area (Å²) in [6.45, 7) is 1.83. The Morgan fingerprint density at radius 2 is 2.24 bits per heavy atom. The van der Waals surface area contributed by atoms with Gasteiger partial charge in [0, 0.05) is 11.3 Å². The Hall–Kier alpha value is -2.41. The lowest BCUT2D eigenvalue weighted by atomic mass is 10.2. The molecule has 1 amide bonds. The molecule has 0 aliphatic carbocycles. The maximum atomic E-state index is 12.1. The van der Waals surface area contributed by atoms with Gasteiger partial charge in [0.15, 0.2) is 10.5 Å². The van der Waals surface area contributed by atoms with Crippen LogP contribution in [0, 0.1) is 6.92 Å². The van der Waals surface area contributed by atoms with E-state index in [2.05, 4.69) is 36.4 Å². The molecule has 0 aliphatic heterocycles. The van der Waals surface area contributed by atoms with E-state index in [0.717, 1.165) is 11.4 Å². The smallest absolute Gasteiger partial charge is 0.260 e. The Morgan fingerprint density at radius 1 is 1.38 bits per heavy atom. The lowest BCUT2D eigenvalue weighted by molar-refractivity contribution is 0.102. The summed E-state index contributed by atoms with van der Waals surface area (Å²) in [6, 6.07) is 8.93. The van der Waals surface area contributed by atoms with Crippen LogP contribution in [0.15, 0.2) is 45.7 Å². The number of furan rings is 1. The minimum atomic E-state index is -0.251. The van der Waals surface area contributed by atoms with Crippen molar-refractivity contribution in [2.45, 2.75) is 6.92 Å². The van der Waals surface area contributed by atoms with Crippen molar-refractivity contribution >= 4 is 27.5 Å². The summed E-state index contributed by atoms with van der Waals surface area (Å²) in [5, 5.41) is 9.70. The first kappa shape index (κ1) is 13.6. The number of nitrogens with one attached hydrogen (secondary N) is 2. The molecule has 106 valence electrons.